The Morgan fingerprint density at radius 1 is 0.848 bits per heavy atom. The molecule has 4 aromatic rings. The Kier molecular flexibility index (Phi) is 9.50. The molecule has 170 valence electrons. The zero-order valence-electron chi connectivity index (χ0n) is 17.4. The van der Waals surface area contributed by atoms with Crippen LogP contribution in [-0.2, 0) is 4.79 Å². The van der Waals surface area contributed by atoms with Crippen LogP contribution in [0.4, 0.5) is 0 Å². The van der Waals surface area contributed by atoms with Gasteiger partial charge in [-0.2, -0.15) is 4.73 Å². The Balaban J connectivity index is 0.000000156. The minimum atomic E-state index is -0.410. The van der Waals surface area contributed by atoms with Gasteiger partial charge in [-0.15, -0.1) is 0 Å². The van der Waals surface area contributed by atoms with E-state index in [-0.39, 0.29) is 23.0 Å². The zero-order valence-corrected chi connectivity index (χ0v) is 17.4. The molecule has 0 amide bonds. The molecule has 0 bridgehead atoms. The van der Waals surface area contributed by atoms with Crippen molar-refractivity contribution >= 4 is 16.8 Å². The van der Waals surface area contributed by atoms with E-state index < -0.39 is 5.56 Å². The molecule has 9 nitrogen and oxygen atoms in total. The fraction of sp³-hybridized carbons (Fsp3) is 0.0417. The number of carbonyl (C=O) groups excluding carboxylic acids is 1. The Morgan fingerprint density at radius 3 is 1.97 bits per heavy atom. The summed E-state index contributed by atoms with van der Waals surface area (Å²) in [5.74, 6) is -0.580. The van der Waals surface area contributed by atoms with E-state index in [4.69, 9.17) is 20.5 Å². The van der Waals surface area contributed by atoms with Gasteiger partial charge in [0.25, 0.3) is 5.56 Å². The van der Waals surface area contributed by atoms with Gasteiger partial charge in [0.05, 0.1) is 17.4 Å². The van der Waals surface area contributed by atoms with E-state index in [0.29, 0.717) is 11.2 Å². The van der Waals surface area contributed by atoms with Crippen LogP contribution in [0, 0.1) is 0 Å². The van der Waals surface area contributed by atoms with Gasteiger partial charge in [0, 0.05) is 12.3 Å². The predicted molar refractivity (Wildman–Crippen MR) is 123 cm³/mol. The summed E-state index contributed by atoms with van der Waals surface area (Å²) in [4.78, 5) is 27.8. The number of pyridine rings is 1. The van der Waals surface area contributed by atoms with Gasteiger partial charge in [-0.3, -0.25) is 9.59 Å². The van der Waals surface area contributed by atoms with Crippen molar-refractivity contribution in [3.63, 3.8) is 0 Å². The van der Waals surface area contributed by atoms with Gasteiger partial charge in [0.15, 0.2) is 17.3 Å². The Morgan fingerprint density at radius 2 is 1.48 bits per heavy atom. The fourth-order valence-electron chi connectivity index (χ4n) is 2.30. The van der Waals surface area contributed by atoms with E-state index in [1.807, 2.05) is 24.3 Å². The standard InChI is InChI=1S/C7H6N2.2C6H6O2.C5H5NO2/c1-2-4-7-6(3-1)8-5-9-7;3*7-5-3-1-2-4-6(5)8/h1-5H,(H,8,9);1,3-4,8H,2H2;1-4,7-8H;1-4,8H. The molecule has 5 N–H and O–H groups in total. The first kappa shape index (κ1) is 24.5. The summed E-state index contributed by atoms with van der Waals surface area (Å²) >= 11 is 0. The topological polar surface area (TPSA) is 149 Å². The number of imidazole rings is 1. The van der Waals surface area contributed by atoms with E-state index in [1.165, 1.54) is 36.5 Å². The zero-order chi connectivity index (χ0) is 24.1. The van der Waals surface area contributed by atoms with Crippen molar-refractivity contribution in [2.75, 3.05) is 0 Å². The van der Waals surface area contributed by atoms with Gasteiger partial charge < -0.3 is 25.5 Å². The van der Waals surface area contributed by atoms with Crippen molar-refractivity contribution in [1.29, 1.82) is 0 Å². The van der Waals surface area contributed by atoms with Gasteiger partial charge >= 0.3 is 0 Å². The monoisotopic (exact) mass is 449 g/mol. The highest BCUT2D eigenvalue weighted by molar-refractivity contribution is 6.02. The minimum absolute atomic E-state index is 0.0764. The lowest BCUT2D eigenvalue weighted by molar-refractivity contribution is -0.113. The minimum Gasteiger partial charge on any atom is -0.504 e. The SMILES string of the molecule is O=C1C=CCC=C1O.O=c1ccccn1O.Oc1ccccc1O.c1ccc2[nH]cnc2c1. The number of carbonyl (C=O) groups is 1. The van der Waals surface area contributed by atoms with Crippen molar-refractivity contribution in [3.8, 4) is 11.5 Å². The van der Waals surface area contributed by atoms with Crippen molar-refractivity contribution in [2.24, 2.45) is 0 Å². The Labute approximate surface area is 188 Å². The summed E-state index contributed by atoms with van der Waals surface area (Å²) in [6.07, 6.45) is 8.21. The number of nitrogens with zero attached hydrogens (tertiary/aromatic N) is 2. The highest BCUT2D eigenvalue weighted by Gasteiger charge is 2.03. The first-order chi connectivity index (χ1) is 15.9. The number of hydrogen-bond donors (Lipinski definition) is 5. The van der Waals surface area contributed by atoms with E-state index >= 15 is 0 Å². The lowest BCUT2D eigenvalue weighted by Gasteiger charge is -1.96. The second-order valence-electron chi connectivity index (χ2n) is 6.38. The summed E-state index contributed by atoms with van der Waals surface area (Å²) in [5, 5.41) is 34.5. The van der Waals surface area contributed by atoms with E-state index in [2.05, 4.69) is 9.97 Å². The molecule has 1 aliphatic carbocycles. The van der Waals surface area contributed by atoms with Crippen LogP contribution >= 0.6 is 0 Å². The number of H-pyrrole nitrogens is 1. The number of benzene rings is 2. The number of para-hydroxylation sites is 4. The van der Waals surface area contributed by atoms with Gasteiger partial charge in [0.2, 0.25) is 5.78 Å². The number of phenolic OH excluding ortho intramolecular Hbond substituents is 2. The fourth-order valence-corrected chi connectivity index (χ4v) is 2.30. The third-order valence-electron chi connectivity index (χ3n) is 3.98. The number of allylic oxidation sites excluding steroid dienone is 3. The second-order valence-corrected chi connectivity index (χ2v) is 6.38. The maximum Gasteiger partial charge on any atom is 0.282 e. The number of aromatic hydroxyl groups is 2. The number of rotatable bonds is 0. The second kappa shape index (κ2) is 12.8. The van der Waals surface area contributed by atoms with Crippen molar-refractivity contribution < 1.29 is 25.3 Å². The molecule has 0 saturated heterocycles. The quantitative estimate of drug-likeness (QED) is 0.203. The first-order valence-electron chi connectivity index (χ1n) is 9.70. The van der Waals surface area contributed by atoms with Crippen molar-refractivity contribution in [2.45, 2.75) is 6.42 Å². The molecule has 2 aromatic heterocycles. The summed E-state index contributed by atoms with van der Waals surface area (Å²) in [5.41, 5.74) is 1.71. The van der Waals surface area contributed by atoms with Crippen molar-refractivity contribution in [1.82, 2.24) is 14.7 Å². The number of aromatic nitrogens is 3. The smallest absolute Gasteiger partial charge is 0.282 e. The summed E-state index contributed by atoms with van der Waals surface area (Å²) in [6, 6.07) is 18.5. The molecule has 2 aromatic carbocycles. The highest BCUT2D eigenvalue weighted by atomic mass is 16.5. The molecule has 0 spiro atoms. The lowest BCUT2D eigenvalue weighted by atomic mass is 10.2. The molecule has 0 unspecified atom stereocenters. The Bertz CT molecular complexity index is 1240. The van der Waals surface area contributed by atoms with Crippen LogP contribution < -0.4 is 5.56 Å². The molecule has 1 aliphatic rings. The van der Waals surface area contributed by atoms with Crippen LogP contribution in [0.5, 0.6) is 11.5 Å². The molecule has 0 fully saturated rings. The summed E-state index contributed by atoms with van der Waals surface area (Å²) in [7, 11) is 0. The number of fused-ring (bicyclic) bond motifs is 1. The van der Waals surface area contributed by atoms with E-state index in [0.717, 1.165) is 11.0 Å². The number of aromatic amines is 1. The van der Waals surface area contributed by atoms with Crippen LogP contribution in [0.3, 0.4) is 0 Å². The average Bonchev–Trinajstić information content (AvgIpc) is 3.30. The number of hydrogen-bond acceptors (Lipinski definition) is 7. The van der Waals surface area contributed by atoms with Gasteiger partial charge in [0.1, 0.15) is 0 Å². The molecule has 9 heteroatoms. The third-order valence-corrected chi connectivity index (χ3v) is 3.98. The van der Waals surface area contributed by atoms with Crippen LogP contribution in [0.2, 0.25) is 0 Å². The molecule has 0 radical (unpaired) electrons. The number of nitrogens with one attached hydrogen (secondary N) is 1. The number of phenols is 2. The van der Waals surface area contributed by atoms with Gasteiger partial charge in [-0.1, -0.05) is 36.4 Å². The average molecular weight is 449 g/mol. The molecule has 2 heterocycles. The van der Waals surface area contributed by atoms with E-state index in [9.17, 15) is 9.59 Å². The predicted octanol–water partition coefficient (Wildman–Crippen LogP) is 3.70. The van der Waals surface area contributed by atoms with Gasteiger partial charge in [-0.05, 0) is 48.9 Å². The maximum absolute atomic E-state index is 10.4. The molecule has 5 rings (SSSR count). The molecule has 0 atom stereocenters. The number of ketones is 1. The molecular weight excluding hydrogens is 426 g/mol. The van der Waals surface area contributed by atoms with Crippen molar-refractivity contribution in [3.05, 3.63) is 114 Å². The third kappa shape index (κ3) is 8.46. The van der Waals surface area contributed by atoms with Crippen LogP contribution in [0.1, 0.15) is 6.42 Å². The molecular formula is C24H23N3O6. The van der Waals surface area contributed by atoms with Crippen LogP contribution in [-0.4, -0.2) is 41.0 Å². The summed E-state index contributed by atoms with van der Waals surface area (Å²) in [6.45, 7) is 0. The van der Waals surface area contributed by atoms with E-state index in [1.54, 1.807) is 36.7 Å². The van der Waals surface area contributed by atoms with Gasteiger partial charge in [-0.25, -0.2) is 4.98 Å². The highest BCUT2D eigenvalue weighted by Crippen LogP contribution is 2.21. The molecule has 33 heavy (non-hydrogen) atoms. The normalized spacial score (nSPS) is 11.6. The largest absolute Gasteiger partial charge is 0.504 e. The Hall–Kier alpha value is -4.79. The number of aliphatic hydroxyl groups is 1. The lowest BCUT2D eigenvalue weighted by Crippen LogP contribution is -2.13. The first-order valence-corrected chi connectivity index (χ1v) is 9.70. The summed E-state index contributed by atoms with van der Waals surface area (Å²) < 4.78 is 0.528. The maximum atomic E-state index is 10.4. The molecule has 0 saturated carbocycles. The van der Waals surface area contributed by atoms with Crippen LogP contribution in [0.15, 0.2) is 108 Å². The van der Waals surface area contributed by atoms with Crippen LogP contribution in [0.25, 0.3) is 11.0 Å². The number of aliphatic hydroxyl groups excluding tert-OH is 1. The molecule has 0 aliphatic heterocycles.